The third kappa shape index (κ3) is 6.56. The molecule has 23 heavy (non-hydrogen) atoms. The summed E-state index contributed by atoms with van der Waals surface area (Å²) in [6, 6.07) is 15.4. The van der Waals surface area contributed by atoms with E-state index in [9.17, 15) is 0 Å². The molecule has 0 spiro atoms. The van der Waals surface area contributed by atoms with E-state index in [0.29, 0.717) is 5.11 Å². The Hall–Kier alpha value is -1.63. The fourth-order valence-corrected chi connectivity index (χ4v) is 2.30. The molecule has 2 aromatic carbocycles. The molecular formula is C17H20BrN3OS. The van der Waals surface area contributed by atoms with Gasteiger partial charge in [-0.2, -0.15) is 0 Å². The van der Waals surface area contributed by atoms with Crippen molar-refractivity contribution < 1.29 is 4.74 Å². The van der Waals surface area contributed by atoms with Crippen LogP contribution in [0.1, 0.15) is 0 Å². The van der Waals surface area contributed by atoms with E-state index in [1.807, 2.05) is 62.6 Å². The first kappa shape index (κ1) is 17.7. The van der Waals surface area contributed by atoms with E-state index in [4.69, 9.17) is 17.0 Å². The van der Waals surface area contributed by atoms with E-state index in [1.165, 1.54) is 0 Å². The van der Waals surface area contributed by atoms with Crippen LogP contribution in [0.3, 0.4) is 0 Å². The highest BCUT2D eigenvalue weighted by atomic mass is 79.9. The number of rotatable bonds is 6. The zero-order valence-corrected chi connectivity index (χ0v) is 15.6. The summed E-state index contributed by atoms with van der Waals surface area (Å²) in [5.74, 6) is 1.58. The summed E-state index contributed by atoms with van der Waals surface area (Å²) in [4.78, 5) is 2.10. The number of benzene rings is 2. The molecule has 0 amide bonds. The molecule has 122 valence electrons. The molecule has 0 fully saturated rings. The van der Waals surface area contributed by atoms with E-state index in [-0.39, 0.29) is 0 Å². The molecule has 2 aromatic rings. The lowest BCUT2D eigenvalue weighted by molar-refractivity contribution is 0.413. The van der Waals surface area contributed by atoms with E-state index in [0.717, 1.165) is 34.7 Å². The molecule has 0 unspecified atom stereocenters. The minimum absolute atomic E-state index is 0.619. The Labute approximate surface area is 151 Å². The average Bonchev–Trinajstić information content (AvgIpc) is 2.51. The second-order valence-electron chi connectivity index (χ2n) is 5.26. The molecule has 0 heterocycles. The standard InChI is InChI=1S/C17H20BrN3OS/c1-21(2)12-11-19-17(23)20-14-5-9-16(10-6-14)22-15-7-3-13(18)4-8-15/h3-10H,11-12H2,1-2H3,(H2,19,20,23). The molecule has 0 atom stereocenters. The normalized spacial score (nSPS) is 10.4. The molecule has 0 aliphatic carbocycles. The Morgan fingerprint density at radius 2 is 1.61 bits per heavy atom. The van der Waals surface area contributed by atoms with Gasteiger partial charge in [-0.3, -0.25) is 0 Å². The van der Waals surface area contributed by atoms with Crippen molar-refractivity contribution >= 4 is 38.9 Å². The van der Waals surface area contributed by atoms with Gasteiger partial charge < -0.3 is 20.3 Å². The predicted octanol–water partition coefficient (Wildman–Crippen LogP) is 4.09. The van der Waals surface area contributed by atoms with E-state index in [1.54, 1.807) is 0 Å². The van der Waals surface area contributed by atoms with Crippen LogP contribution in [-0.4, -0.2) is 37.2 Å². The van der Waals surface area contributed by atoms with Crippen LogP contribution in [0.4, 0.5) is 5.69 Å². The van der Waals surface area contributed by atoms with Gasteiger partial charge in [-0.05, 0) is 74.8 Å². The molecule has 0 bridgehead atoms. The van der Waals surface area contributed by atoms with Gasteiger partial charge >= 0.3 is 0 Å². The van der Waals surface area contributed by atoms with Gasteiger partial charge in [0.05, 0.1) is 0 Å². The summed E-state index contributed by atoms with van der Waals surface area (Å²) in [5.41, 5.74) is 0.926. The first-order chi connectivity index (χ1) is 11.0. The second-order valence-corrected chi connectivity index (χ2v) is 6.59. The van der Waals surface area contributed by atoms with Crippen molar-refractivity contribution in [1.29, 1.82) is 0 Å². The summed E-state index contributed by atoms with van der Waals surface area (Å²) < 4.78 is 6.81. The van der Waals surface area contributed by atoms with Gasteiger partial charge in [0, 0.05) is 23.2 Å². The third-order valence-electron chi connectivity index (χ3n) is 3.01. The zero-order valence-electron chi connectivity index (χ0n) is 13.2. The molecule has 4 nitrogen and oxygen atoms in total. The number of halogens is 1. The number of anilines is 1. The Kier molecular flexibility index (Phi) is 6.83. The summed E-state index contributed by atoms with van der Waals surface area (Å²) in [7, 11) is 4.06. The highest BCUT2D eigenvalue weighted by Gasteiger charge is 2.00. The predicted molar refractivity (Wildman–Crippen MR) is 103 cm³/mol. The highest BCUT2D eigenvalue weighted by molar-refractivity contribution is 9.10. The molecule has 6 heteroatoms. The second kappa shape index (κ2) is 8.86. The van der Waals surface area contributed by atoms with Crippen molar-refractivity contribution in [3.05, 3.63) is 53.0 Å². The third-order valence-corrected chi connectivity index (χ3v) is 3.78. The zero-order chi connectivity index (χ0) is 16.7. The Morgan fingerprint density at radius 3 is 2.17 bits per heavy atom. The van der Waals surface area contributed by atoms with Gasteiger partial charge in [0.2, 0.25) is 0 Å². The van der Waals surface area contributed by atoms with Crippen LogP contribution >= 0.6 is 28.1 Å². The van der Waals surface area contributed by atoms with Crippen molar-refractivity contribution in [3.63, 3.8) is 0 Å². The fourth-order valence-electron chi connectivity index (χ4n) is 1.81. The Bertz CT molecular complexity index is 629. The number of thiocarbonyl (C=S) groups is 1. The largest absolute Gasteiger partial charge is 0.457 e. The van der Waals surface area contributed by atoms with E-state index < -0.39 is 0 Å². The number of nitrogens with one attached hydrogen (secondary N) is 2. The van der Waals surface area contributed by atoms with Crippen LogP contribution in [0.25, 0.3) is 0 Å². The van der Waals surface area contributed by atoms with E-state index in [2.05, 4.69) is 31.5 Å². The maximum absolute atomic E-state index is 5.78. The molecule has 0 aliphatic rings. The average molecular weight is 394 g/mol. The summed E-state index contributed by atoms with van der Waals surface area (Å²) >= 11 is 8.67. The number of hydrogen-bond acceptors (Lipinski definition) is 3. The number of ether oxygens (including phenoxy) is 1. The maximum atomic E-state index is 5.78. The van der Waals surface area contributed by atoms with Gasteiger partial charge in [-0.25, -0.2) is 0 Å². The Morgan fingerprint density at radius 1 is 1.04 bits per heavy atom. The van der Waals surface area contributed by atoms with Gasteiger partial charge in [0.1, 0.15) is 11.5 Å². The lowest BCUT2D eigenvalue weighted by Crippen LogP contribution is -2.34. The van der Waals surface area contributed by atoms with Crippen molar-refractivity contribution in [1.82, 2.24) is 10.2 Å². The van der Waals surface area contributed by atoms with Gasteiger partial charge in [-0.1, -0.05) is 15.9 Å². The van der Waals surface area contributed by atoms with Gasteiger partial charge in [0.15, 0.2) is 5.11 Å². The van der Waals surface area contributed by atoms with Crippen molar-refractivity contribution in [3.8, 4) is 11.5 Å². The summed E-state index contributed by atoms with van der Waals surface area (Å²) in [6.45, 7) is 1.74. The van der Waals surface area contributed by atoms with Crippen LogP contribution in [-0.2, 0) is 0 Å². The fraction of sp³-hybridized carbons (Fsp3) is 0.235. The summed E-state index contributed by atoms with van der Waals surface area (Å²) in [6.07, 6.45) is 0. The summed E-state index contributed by atoms with van der Waals surface area (Å²) in [5, 5.41) is 6.94. The minimum Gasteiger partial charge on any atom is -0.457 e. The molecule has 0 radical (unpaired) electrons. The van der Waals surface area contributed by atoms with Gasteiger partial charge in [0.25, 0.3) is 0 Å². The van der Waals surface area contributed by atoms with Crippen LogP contribution in [0.15, 0.2) is 53.0 Å². The molecule has 2 N–H and O–H groups in total. The highest BCUT2D eigenvalue weighted by Crippen LogP contribution is 2.24. The van der Waals surface area contributed by atoms with Crippen LogP contribution in [0.5, 0.6) is 11.5 Å². The number of nitrogens with zero attached hydrogens (tertiary/aromatic N) is 1. The number of likely N-dealkylation sites (N-methyl/N-ethyl adjacent to an activating group) is 1. The van der Waals surface area contributed by atoms with Crippen molar-refractivity contribution in [2.75, 3.05) is 32.5 Å². The molecule has 0 saturated heterocycles. The van der Waals surface area contributed by atoms with Crippen LogP contribution in [0.2, 0.25) is 0 Å². The van der Waals surface area contributed by atoms with Gasteiger partial charge in [-0.15, -0.1) is 0 Å². The Balaban J connectivity index is 1.84. The molecular weight excluding hydrogens is 374 g/mol. The lowest BCUT2D eigenvalue weighted by Gasteiger charge is -2.13. The van der Waals surface area contributed by atoms with E-state index >= 15 is 0 Å². The lowest BCUT2D eigenvalue weighted by atomic mass is 10.3. The van der Waals surface area contributed by atoms with Crippen LogP contribution in [0, 0.1) is 0 Å². The first-order valence-corrected chi connectivity index (χ1v) is 8.46. The quantitative estimate of drug-likeness (QED) is 0.722. The van der Waals surface area contributed by atoms with Crippen molar-refractivity contribution in [2.24, 2.45) is 0 Å². The molecule has 2 rings (SSSR count). The molecule has 0 aromatic heterocycles. The maximum Gasteiger partial charge on any atom is 0.170 e. The number of hydrogen-bond donors (Lipinski definition) is 2. The molecule has 0 aliphatic heterocycles. The first-order valence-electron chi connectivity index (χ1n) is 7.26. The minimum atomic E-state index is 0.619. The monoisotopic (exact) mass is 393 g/mol. The molecule has 0 saturated carbocycles. The SMILES string of the molecule is CN(C)CCNC(=S)Nc1ccc(Oc2ccc(Br)cc2)cc1. The smallest absolute Gasteiger partial charge is 0.170 e. The van der Waals surface area contributed by atoms with Crippen molar-refractivity contribution in [2.45, 2.75) is 0 Å². The van der Waals surface area contributed by atoms with Crippen LogP contribution < -0.4 is 15.4 Å². The topological polar surface area (TPSA) is 36.5 Å².